The second-order valence-electron chi connectivity index (χ2n) is 8.22. The fourth-order valence-electron chi connectivity index (χ4n) is 3.75. The number of hydrogen-bond acceptors (Lipinski definition) is 9. The molecule has 35 heavy (non-hydrogen) atoms. The summed E-state index contributed by atoms with van der Waals surface area (Å²) in [4.78, 5) is 12.7. The van der Waals surface area contributed by atoms with Crippen molar-refractivity contribution in [3.63, 3.8) is 0 Å². The van der Waals surface area contributed by atoms with Crippen LogP contribution in [0, 0.1) is 27.7 Å². The summed E-state index contributed by atoms with van der Waals surface area (Å²) in [5.41, 5.74) is 2.27. The molecule has 0 saturated heterocycles. The summed E-state index contributed by atoms with van der Waals surface area (Å²) < 4.78 is 67.8. The summed E-state index contributed by atoms with van der Waals surface area (Å²) in [5.74, 6) is -1.02. The Kier molecular flexibility index (Phi) is 7.11. The largest absolute Gasteiger partial charge is 0.701 e. The number of rotatable bonds is 7. The standard InChI is InChI=1S/C20H23ClN4O7S3/c1-10-9-11(2)17(25(5,6)35(29,30)31)12(3)16(10)22-19(26)18-14(7-8-33-18)34(27,28)24-20-15(21)13(4)23-32-20/h7-9H,1-6H3,(H2-,22,23,24,26,29,30,31). The number of amides is 1. The molecule has 2 aromatic heterocycles. The number of aryl methyl sites for hydroxylation is 3. The number of thiophene rings is 1. The van der Waals surface area contributed by atoms with Gasteiger partial charge < -0.3 is 14.4 Å². The van der Waals surface area contributed by atoms with E-state index in [1.54, 1.807) is 26.8 Å². The minimum absolute atomic E-state index is 0.0118. The Bertz CT molecular complexity index is 1540. The van der Waals surface area contributed by atoms with Gasteiger partial charge in [0.2, 0.25) is 0 Å². The molecule has 0 bridgehead atoms. The van der Waals surface area contributed by atoms with Gasteiger partial charge >= 0.3 is 0 Å². The smallest absolute Gasteiger partial charge is 0.267 e. The molecule has 0 aliphatic carbocycles. The van der Waals surface area contributed by atoms with Gasteiger partial charge in [-0.2, -0.15) is 8.42 Å². The number of carbonyl (C=O) groups excluding carboxylic acids is 1. The van der Waals surface area contributed by atoms with Gasteiger partial charge in [-0.25, -0.2) is 17.0 Å². The van der Waals surface area contributed by atoms with Crippen LogP contribution in [0.3, 0.4) is 0 Å². The lowest BCUT2D eigenvalue weighted by Gasteiger charge is -2.34. The second-order valence-corrected chi connectivity index (χ2v) is 12.9. The maximum atomic E-state index is 13.2. The molecule has 3 rings (SSSR count). The monoisotopic (exact) mass is 562 g/mol. The Hall–Kier alpha value is -2.49. The van der Waals surface area contributed by atoms with E-state index in [9.17, 15) is 26.2 Å². The maximum absolute atomic E-state index is 13.2. The maximum Gasteiger partial charge on any atom is 0.267 e. The van der Waals surface area contributed by atoms with Crippen molar-refractivity contribution in [1.29, 1.82) is 0 Å². The summed E-state index contributed by atoms with van der Waals surface area (Å²) in [7, 11) is -6.58. The lowest BCUT2D eigenvalue weighted by Crippen LogP contribution is -2.47. The van der Waals surface area contributed by atoms with E-state index in [0.717, 1.165) is 11.3 Å². The number of halogens is 1. The zero-order chi connectivity index (χ0) is 26.5. The van der Waals surface area contributed by atoms with Gasteiger partial charge in [-0.1, -0.05) is 16.8 Å². The third-order valence-corrected chi connectivity index (χ3v) is 9.57. The lowest BCUT2D eigenvalue weighted by molar-refractivity contribution is 0.102. The first-order valence-electron chi connectivity index (χ1n) is 9.93. The van der Waals surface area contributed by atoms with Gasteiger partial charge in [-0.3, -0.25) is 4.79 Å². The van der Waals surface area contributed by atoms with Crippen molar-refractivity contribution < 1.29 is 30.7 Å². The van der Waals surface area contributed by atoms with E-state index < -0.39 is 30.1 Å². The Morgan fingerprint density at radius 1 is 1.14 bits per heavy atom. The van der Waals surface area contributed by atoms with E-state index in [-0.39, 0.29) is 37.7 Å². The second kappa shape index (κ2) is 9.19. The molecule has 0 aliphatic heterocycles. The average Bonchev–Trinajstić information content (AvgIpc) is 3.33. The van der Waals surface area contributed by atoms with Crippen molar-refractivity contribution in [1.82, 2.24) is 9.05 Å². The zero-order valence-corrected chi connectivity index (χ0v) is 22.8. The van der Waals surface area contributed by atoms with Gasteiger partial charge in [0, 0.05) is 11.1 Å². The highest BCUT2D eigenvalue weighted by Crippen LogP contribution is 2.38. The molecular weight excluding hydrogens is 540 g/mol. The molecule has 0 fully saturated rings. The fourth-order valence-corrected chi connectivity index (χ4v) is 6.75. The highest BCUT2D eigenvalue weighted by Gasteiger charge is 2.33. The number of aromatic nitrogens is 1. The zero-order valence-electron chi connectivity index (χ0n) is 19.6. The third-order valence-electron chi connectivity index (χ3n) is 5.41. The number of carbonyl (C=O) groups is 1. The van der Waals surface area contributed by atoms with E-state index in [4.69, 9.17) is 16.1 Å². The number of nitrogens with one attached hydrogen (secondary N) is 2. The van der Waals surface area contributed by atoms with Crippen molar-refractivity contribution in [2.45, 2.75) is 32.6 Å². The molecule has 2 N–H and O–H groups in total. The van der Waals surface area contributed by atoms with Crippen LogP contribution >= 0.6 is 22.9 Å². The Morgan fingerprint density at radius 2 is 1.77 bits per heavy atom. The van der Waals surface area contributed by atoms with Crippen molar-refractivity contribution in [3.8, 4) is 0 Å². The lowest BCUT2D eigenvalue weighted by atomic mass is 10.0. The van der Waals surface area contributed by atoms with E-state index in [1.165, 1.54) is 32.5 Å². The number of quaternary nitrogens is 1. The molecule has 0 unspecified atom stereocenters. The molecule has 0 radical (unpaired) electrons. The van der Waals surface area contributed by atoms with Crippen molar-refractivity contribution in [3.05, 3.63) is 49.8 Å². The molecule has 15 heteroatoms. The van der Waals surface area contributed by atoms with Crippen LogP contribution in [0.2, 0.25) is 5.02 Å². The molecule has 0 aliphatic rings. The number of anilines is 2. The number of nitrogens with zero attached hydrogens (tertiary/aromatic N) is 2. The summed E-state index contributed by atoms with van der Waals surface area (Å²) in [6.07, 6.45) is 0. The van der Waals surface area contributed by atoms with Gasteiger partial charge in [0.05, 0.1) is 19.8 Å². The molecule has 3 aromatic rings. The van der Waals surface area contributed by atoms with Crippen LogP contribution < -0.4 is 13.9 Å². The molecular formula is C20H23ClN4O7S3. The average molecular weight is 563 g/mol. The third kappa shape index (κ3) is 4.94. The van der Waals surface area contributed by atoms with Gasteiger partial charge in [-0.05, 0) is 50.8 Å². The van der Waals surface area contributed by atoms with Gasteiger partial charge in [-0.15, -0.1) is 11.3 Å². The quantitative estimate of drug-likeness (QED) is 0.326. The molecule has 0 spiro atoms. The normalized spacial score (nSPS) is 12.6. The summed E-state index contributed by atoms with van der Waals surface area (Å²) in [6.45, 7) is 6.48. The Labute approximate surface area is 212 Å². The first kappa shape index (κ1) is 27.1. The minimum atomic E-state index is -4.79. The highest BCUT2D eigenvalue weighted by molar-refractivity contribution is 7.93. The molecule has 2 heterocycles. The first-order chi connectivity index (χ1) is 16.0. The predicted octanol–water partition coefficient (Wildman–Crippen LogP) is 3.70. The van der Waals surface area contributed by atoms with Crippen LogP contribution in [0.4, 0.5) is 17.3 Å². The number of sulfonamides is 1. The topological polar surface area (TPSA) is 158 Å². The van der Waals surface area contributed by atoms with Crippen molar-refractivity contribution in [2.24, 2.45) is 0 Å². The SMILES string of the molecule is Cc1cc(C)c([N+](C)(C)S(=O)(=O)[O-])c(C)c1NC(=O)c1sccc1S(=O)(=O)Nc1onc(C)c1Cl. The Balaban J connectivity index is 2.02. The summed E-state index contributed by atoms with van der Waals surface area (Å²) >= 11 is 6.88. The van der Waals surface area contributed by atoms with Gasteiger partial charge in [0.25, 0.3) is 32.1 Å². The summed E-state index contributed by atoms with van der Waals surface area (Å²) in [5, 5.41) is 7.68. The molecule has 0 atom stereocenters. The van der Waals surface area contributed by atoms with E-state index in [0.29, 0.717) is 16.7 Å². The minimum Gasteiger partial charge on any atom is -0.701 e. The molecule has 11 nitrogen and oxygen atoms in total. The molecule has 0 saturated carbocycles. The Morgan fingerprint density at radius 3 is 2.31 bits per heavy atom. The van der Waals surface area contributed by atoms with Gasteiger partial charge in [0.1, 0.15) is 20.5 Å². The predicted molar refractivity (Wildman–Crippen MR) is 133 cm³/mol. The first-order valence-corrected chi connectivity index (χ1v) is 14.0. The van der Waals surface area contributed by atoms with Crippen molar-refractivity contribution in [2.75, 3.05) is 24.1 Å². The van der Waals surface area contributed by atoms with E-state index in [1.807, 2.05) is 0 Å². The number of hydrogen-bond donors (Lipinski definition) is 2. The van der Waals surface area contributed by atoms with Crippen LogP contribution in [-0.2, 0) is 20.3 Å². The highest BCUT2D eigenvalue weighted by atomic mass is 35.5. The number of benzene rings is 1. The molecule has 1 aromatic carbocycles. The van der Waals surface area contributed by atoms with Crippen LogP contribution in [0.25, 0.3) is 0 Å². The van der Waals surface area contributed by atoms with Crippen LogP contribution in [0.15, 0.2) is 26.9 Å². The van der Waals surface area contributed by atoms with Crippen LogP contribution in [-0.4, -0.2) is 46.5 Å². The molecule has 190 valence electrons. The fraction of sp³-hybridized carbons (Fsp3) is 0.300. The van der Waals surface area contributed by atoms with E-state index in [2.05, 4.69) is 15.2 Å². The van der Waals surface area contributed by atoms with Crippen LogP contribution in [0.1, 0.15) is 32.1 Å². The summed E-state index contributed by atoms with van der Waals surface area (Å²) in [6, 6.07) is 2.90. The van der Waals surface area contributed by atoms with E-state index >= 15 is 0 Å². The van der Waals surface area contributed by atoms with Crippen LogP contribution in [0.5, 0.6) is 0 Å². The van der Waals surface area contributed by atoms with Gasteiger partial charge in [0.15, 0.2) is 5.69 Å². The molecule has 1 amide bonds. The van der Waals surface area contributed by atoms with Crippen molar-refractivity contribution >= 4 is 66.4 Å².